The van der Waals surface area contributed by atoms with Gasteiger partial charge in [-0.1, -0.05) is 36.6 Å². The van der Waals surface area contributed by atoms with Crippen LogP contribution in [0, 0.1) is 0 Å². The predicted octanol–water partition coefficient (Wildman–Crippen LogP) is 0.190. The molecule has 6 atom stereocenters. The molecule has 0 N–H and O–H groups in total. The monoisotopic (exact) mass is 708 g/mol. The van der Waals surface area contributed by atoms with Crippen LogP contribution in [0.3, 0.4) is 0 Å². The van der Waals surface area contributed by atoms with Gasteiger partial charge >= 0.3 is 0 Å². The first-order valence-corrected chi connectivity index (χ1v) is 26.8. The SMILES string of the molecule is CCC(C([CH2][Al]([CH2]C(C(CC)S(C)(=O)=O)S(C)(=O)=O)[CH2]C(C(CC)S(C)(=O)=O)S(C)(=O)=O)S(C)(=O)=O)S(C)(=O)=O. The molecule has 19 heteroatoms. The van der Waals surface area contributed by atoms with Gasteiger partial charge in [0.2, 0.25) is 0 Å². The van der Waals surface area contributed by atoms with Crippen LogP contribution < -0.4 is 0 Å². The predicted molar refractivity (Wildman–Crippen MR) is 163 cm³/mol. The number of rotatable bonds is 18. The molecule has 0 aromatic rings. The average molecular weight is 709 g/mol. The Balaban J connectivity index is 7.42. The summed E-state index contributed by atoms with van der Waals surface area (Å²) < 4.78 is 153. The van der Waals surface area contributed by atoms with Gasteiger partial charge in [0, 0.05) is 37.5 Å². The molecule has 0 fully saturated rings. The highest BCUT2D eigenvalue weighted by molar-refractivity contribution is 7.96. The second kappa shape index (κ2) is 14.3. The normalized spacial score (nSPS) is 18.8. The van der Waals surface area contributed by atoms with Crippen LogP contribution >= 0.6 is 0 Å². The molecule has 0 aliphatic heterocycles. The highest BCUT2D eigenvalue weighted by Gasteiger charge is 2.46. The Kier molecular flexibility index (Phi) is 14.4. The summed E-state index contributed by atoms with van der Waals surface area (Å²) in [7, 11) is -24.0. The molecule has 0 amide bonds. The van der Waals surface area contributed by atoms with Gasteiger partial charge in [-0.3, -0.25) is 0 Å². The van der Waals surface area contributed by atoms with Gasteiger partial charge in [0.1, 0.15) is 29.5 Å². The topological polar surface area (TPSA) is 205 Å². The standard InChI is InChI=1S/3C7H15O4S2.Al/c3*1-5-7(13(4,10)11)6(2)12(3,8)9;/h3*6-7H,2,5H2,1,3-4H3;. The van der Waals surface area contributed by atoms with Crippen molar-refractivity contribution in [1.29, 1.82) is 0 Å². The molecule has 0 bridgehead atoms. The van der Waals surface area contributed by atoms with Gasteiger partial charge in [-0.2, -0.15) is 0 Å². The zero-order valence-electron chi connectivity index (χ0n) is 24.6. The van der Waals surface area contributed by atoms with Gasteiger partial charge in [-0.15, -0.1) is 0 Å². The van der Waals surface area contributed by atoms with Crippen LogP contribution in [-0.4, -0.2) is 134 Å². The van der Waals surface area contributed by atoms with Gasteiger partial charge in [0.05, 0.1) is 31.5 Å². The lowest BCUT2D eigenvalue weighted by atomic mass is 10.2. The third-order valence-electron chi connectivity index (χ3n) is 7.45. The quantitative estimate of drug-likeness (QED) is 0.175. The van der Waals surface area contributed by atoms with E-state index in [1.807, 2.05) is 0 Å². The highest BCUT2D eigenvalue weighted by Crippen LogP contribution is 2.32. The fourth-order valence-corrected chi connectivity index (χ4v) is 26.0. The van der Waals surface area contributed by atoms with E-state index in [2.05, 4.69) is 0 Å². The summed E-state index contributed by atoms with van der Waals surface area (Å²) in [6.07, 6.45) is 4.88. The van der Waals surface area contributed by atoms with Crippen LogP contribution in [0.1, 0.15) is 40.0 Å². The van der Waals surface area contributed by atoms with Gasteiger partial charge in [0.15, 0.2) is 29.5 Å². The third kappa shape index (κ3) is 12.1. The van der Waals surface area contributed by atoms with Gasteiger partial charge < -0.3 is 0 Å². The molecule has 240 valence electrons. The number of hydrogen-bond acceptors (Lipinski definition) is 12. The smallest absolute Gasteiger partial charge is 0.229 e. The molecule has 0 saturated heterocycles. The summed E-state index contributed by atoms with van der Waals surface area (Å²) in [6.45, 7) is 4.44. The molecule has 0 aliphatic rings. The lowest BCUT2D eigenvalue weighted by Crippen LogP contribution is -2.48. The van der Waals surface area contributed by atoms with E-state index in [1.54, 1.807) is 0 Å². The van der Waals surface area contributed by atoms with E-state index in [4.69, 9.17) is 0 Å². The molecule has 0 radical (unpaired) electrons. The molecule has 0 rings (SSSR count). The zero-order valence-corrected chi connectivity index (χ0v) is 30.7. The summed E-state index contributed by atoms with van der Waals surface area (Å²) in [6, 6.07) is 0. The van der Waals surface area contributed by atoms with Crippen molar-refractivity contribution in [3.05, 3.63) is 0 Å². The minimum atomic E-state index is -4.09. The molecule has 0 heterocycles. The van der Waals surface area contributed by atoms with Crippen molar-refractivity contribution in [2.24, 2.45) is 0 Å². The maximum absolute atomic E-state index is 12.9. The molecular weight excluding hydrogens is 664 g/mol. The fourth-order valence-electron chi connectivity index (χ4n) is 5.61. The molecular formula is C21H45AlO12S6. The van der Waals surface area contributed by atoms with E-state index < -0.39 is 105 Å². The maximum atomic E-state index is 12.9. The van der Waals surface area contributed by atoms with Crippen LogP contribution in [0.25, 0.3) is 0 Å². The number of sulfone groups is 6. The molecule has 0 saturated carbocycles. The second-order valence-corrected chi connectivity index (χ2v) is 27.7. The third-order valence-corrected chi connectivity index (χ3v) is 22.7. The van der Waals surface area contributed by atoms with Crippen LogP contribution in [0.15, 0.2) is 0 Å². The Hall–Kier alpha value is 0.232. The Morgan fingerprint density at radius 1 is 0.350 bits per heavy atom. The van der Waals surface area contributed by atoms with Gasteiger partial charge in [-0.25, -0.2) is 50.5 Å². The van der Waals surface area contributed by atoms with Crippen molar-refractivity contribution in [2.75, 3.05) is 37.5 Å². The van der Waals surface area contributed by atoms with E-state index in [0.29, 0.717) is 0 Å². The molecule has 0 spiro atoms. The minimum absolute atomic E-state index is 0.0927. The lowest BCUT2D eigenvalue weighted by molar-refractivity contribution is 0.551. The van der Waals surface area contributed by atoms with Crippen LogP contribution in [0.5, 0.6) is 0 Å². The first kappa shape index (κ1) is 40.2. The first-order chi connectivity index (χ1) is 17.5. The molecule has 12 nitrogen and oxygen atoms in total. The molecule has 0 aromatic heterocycles. The van der Waals surface area contributed by atoms with Crippen LogP contribution in [0.2, 0.25) is 15.8 Å². The largest absolute Gasteiger partial charge is 0.266 e. The maximum Gasteiger partial charge on any atom is 0.266 e. The van der Waals surface area contributed by atoms with E-state index in [0.717, 1.165) is 37.5 Å². The van der Waals surface area contributed by atoms with Crippen LogP contribution in [0.4, 0.5) is 0 Å². The van der Waals surface area contributed by atoms with E-state index in [-0.39, 0.29) is 35.1 Å². The van der Waals surface area contributed by atoms with Crippen LogP contribution in [-0.2, 0) is 59.0 Å². The first-order valence-electron chi connectivity index (χ1n) is 12.7. The fraction of sp³-hybridized carbons (Fsp3) is 1.00. The lowest BCUT2D eigenvalue weighted by Gasteiger charge is -2.32. The Bertz CT molecular complexity index is 1330. The van der Waals surface area contributed by atoms with Crippen molar-refractivity contribution in [2.45, 2.75) is 87.4 Å². The van der Waals surface area contributed by atoms with E-state index >= 15 is 0 Å². The Morgan fingerprint density at radius 2 is 0.500 bits per heavy atom. The van der Waals surface area contributed by atoms with Crippen molar-refractivity contribution < 1.29 is 50.5 Å². The van der Waals surface area contributed by atoms with E-state index in [9.17, 15) is 50.5 Å². The Morgan fingerprint density at radius 3 is 0.600 bits per heavy atom. The summed E-state index contributed by atoms with van der Waals surface area (Å²) in [5.41, 5.74) is 0. The van der Waals surface area contributed by atoms with Gasteiger partial charge in [0.25, 0.3) is 14.1 Å². The second-order valence-electron chi connectivity index (χ2n) is 11.0. The van der Waals surface area contributed by atoms with Gasteiger partial charge in [-0.05, 0) is 19.3 Å². The molecule has 0 aromatic carbocycles. The van der Waals surface area contributed by atoms with Crippen molar-refractivity contribution >= 4 is 73.2 Å². The van der Waals surface area contributed by atoms with E-state index in [1.165, 1.54) is 20.8 Å². The zero-order chi connectivity index (χ0) is 32.3. The average Bonchev–Trinajstić information content (AvgIpc) is 2.67. The highest BCUT2D eigenvalue weighted by atomic mass is 32.2. The summed E-state index contributed by atoms with van der Waals surface area (Å²) in [5, 5.41) is -9.78. The minimum Gasteiger partial charge on any atom is -0.229 e. The summed E-state index contributed by atoms with van der Waals surface area (Å²) in [4.78, 5) is 0. The number of hydrogen-bond donors (Lipinski definition) is 0. The van der Waals surface area contributed by atoms with Crippen molar-refractivity contribution in [1.82, 2.24) is 0 Å². The van der Waals surface area contributed by atoms with Crippen molar-refractivity contribution in [3.63, 3.8) is 0 Å². The summed E-state index contributed by atoms with van der Waals surface area (Å²) in [5.74, 6) is 0. The van der Waals surface area contributed by atoms with Crippen molar-refractivity contribution in [3.8, 4) is 0 Å². The molecule has 0 aliphatic carbocycles. The molecule has 40 heavy (non-hydrogen) atoms. The summed E-state index contributed by atoms with van der Waals surface area (Å²) >= 11 is -3.06. The molecule has 6 unspecified atom stereocenters. The Labute approximate surface area is 247 Å².